The SMILES string of the molecule is NCCC(CN)S(=O)(=O)[O-].[Na+]. The molecule has 0 bridgehead atoms. The summed E-state index contributed by atoms with van der Waals surface area (Å²) in [6.07, 6.45) is 0.141. The second kappa shape index (κ2) is 6.36. The van der Waals surface area contributed by atoms with E-state index >= 15 is 0 Å². The molecule has 0 radical (unpaired) electrons. The molecule has 11 heavy (non-hydrogen) atoms. The van der Waals surface area contributed by atoms with E-state index in [-0.39, 0.29) is 49.1 Å². The van der Waals surface area contributed by atoms with Crippen LogP contribution in [0.2, 0.25) is 0 Å². The molecule has 62 valence electrons. The first kappa shape index (κ1) is 14.4. The van der Waals surface area contributed by atoms with Gasteiger partial charge in [-0.25, -0.2) is 8.42 Å². The minimum absolute atomic E-state index is 0. The summed E-state index contributed by atoms with van der Waals surface area (Å²) in [5.41, 5.74) is 10.1. The van der Waals surface area contributed by atoms with Gasteiger partial charge in [0.1, 0.15) is 0 Å². The number of hydrogen-bond donors (Lipinski definition) is 2. The third-order valence-corrected chi connectivity index (χ3v) is 2.40. The maximum Gasteiger partial charge on any atom is 1.00 e. The van der Waals surface area contributed by atoms with E-state index in [1.54, 1.807) is 0 Å². The molecule has 0 amide bonds. The van der Waals surface area contributed by atoms with Crippen LogP contribution in [0, 0.1) is 0 Å². The van der Waals surface area contributed by atoms with Crippen molar-refractivity contribution in [2.45, 2.75) is 11.7 Å². The van der Waals surface area contributed by atoms with Gasteiger partial charge in [0.25, 0.3) is 0 Å². The molecule has 0 fully saturated rings. The number of hydrogen-bond acceptors (Lipinski definition) is 5. The maximum atomic E-state index is 10.3. The zero-order valence-corrected chi connectivity index (χ0v) is 9.30. The van der Waals surface area contributed by atoms with Gasteiger partial charge in [0, 0.05) is 6.54 Å². The maximum absolute atomic E-state index is 10.3. The van der Waals surface area contributed by atoms with Gasteiger partial charge in [-0.3, -0.25) is 0 Å². The zero-order valence-electron chi connectivity index (χ0n) is 6.49. The van der Waals surface area contributed by atoms with Gasteiger partial charge in [0.15, 0.2) is 0 Å². The first-order chi connectivity index (χ1) is 4.52. The molecule has 0 aliphatic heterocycles. The fourth-order valence-corrected chi connectivity index (χ4v) is 1.23. The normalized spacial score (nSPS) is 13.7. The van der Waals surface area contributed by atoms with Crippen molar-refractivity contribution >= 4 is 10.1 Å². The van der Waals surface area contributed by atoms with Crippen LogP contribution in [0.5, 0.6) is 0 Å². The molecule has 0 aromatic carbocycles. The van der Waals surface area contributed by atoms with Crippen molar-refractivity contribution in [1.82, 2.24) is 0 Å². The van der Waals surface area contributed by atoms with E-state index < -0.39 is 15.4 Å². The summed E-state index contributed by atoms with van der Waals surface area (Å²) in [5, 5.41) is -1.02. The Kier molecular flexibility index (Phi) is 8.30. The van der Waals surface area contributed by atoms with E-state index in [4.69, 9.17) is 11.5 Å². The quantitative estimate of drug-likeness (QED) is 0.341. The summed E-state index contributed by atoms with van der Waals surface area (Å²) in [6.45, 7) is 0.0202. The van der Waals surface area contributed by atoms with Crippen molar-refractivity contribution in [2.75, 3.05) is 13.1 Å². The van der Waals surface area contributed by atoms with Crippen LogP contribution in [0.25, 0.3) is 0 Å². The number of nitrogens with two attached hydrogens (primary N) is 2. The van der Waals surface area contributed by atoms with E-state index in [0.29, 0.717) is 0 Å². The monoisotopic (exact) mass is 190 g/mol. The minimum atomic E-state index is -4.23. The summed E-state index contributed by atoms with van der Waals surface area (Å²) in [5.74, 6) is 0. The van der Waals surface area contributed by atoms with Crippen LogP contribution >= 0.6 is 0 Å². The molecule has 0 aromatic heterocycles. The molecule has 0 heterocycles. The first-order valence-electron chi connectivity index (χ1n) is 2.87. The number of rotatable bonds is 4. The molecule has 0 rings (SSSR count). The Morgan fingerprint density at radius 1 is 1.36 bits per heavy atom. The summed E-state index contributed by atoms with van der Waals surface area (Å²) in [6, 6.07) is 0. The average molecular weight is 190 g/mol. The molecule has 0 aliphatic rings. The molecule has 5 nitrogen and oxygen atoms in total. The molecule has 1 unspecified atom stereocenters. The van der Waals surface area contributed by atoms with Crippen molar-refractivity contribution < 1.29 is 42.5 Å². The molecule has 0 saturated heterocycles. The molecule has 4 N–H and O–H groups in total. The Labute approximate surface area is 88.6 Å². The predicted molar refractivity (Wildman–Crippen MR) is 36.2 cm³/mol. The third kappa shape index (κ3) is 6.03. The molecule has 0 saturated carbocycles. The van der Waals surface area contributed by atoms with E-state index in [1.807, 2.05) is 0 Å². The van der Waals surface area contributed by atoms with Crippen LogP contribution in [-0.2, 0) is 10.1 Å². The van der Waals surface area contributed by atoms with Crippen LogP contribution in [0.15, 0.2) is 0 Å². The van der Waals surface area contributed by atoms with Gasteiger partial charge < -0.3 is 16.0 Å². The van der Waals surface area contributed by atoms with E-state index in [2.05, 4.69) is 0 Å². The largest absolute Gasteiger partial charge is 1.00 e. The van der Waals surface area contributed by atoms with Gasteiger partial charge in [-0.1, -0.05) is 0 Å². The molecule has 0 spiro atoms. The fraction of sp³-hybridized carbons (Fsp3) is 1.00. The van der Waals surface area contributed by atoms with Crippen molar-refractivity contribution in [3.8, 4) is 0 Å². The van der Waals surface area contributed by atoms with Crippen LogP contribution in [0.3, 0.4) is 0 Å². The van der Waals surface area contributed by atoms with Gasteiger partial charge in [0.2, 0.25) is 0 Å². The molecule has 7 heteroatoms. The van der Waals surface area contributed by atoms with E-state index in [0.717, 1.165) is 0 Å². The second-order valence-electron chi connectivity index (χ2n) is 1.93. The Bertz CT molecular complexity index is 182. The fourth-order valence-electron chi connectivity index (χ4n) is 0.566. The van der Waals surface area contributed by atoms with Gasteiger partial charge in [0.05, 0.1) is 15.4 Å². The topological polar surface area (TPSA) is 109 Å². The second-order valence-corrected chi connectivity index (χ2v) is 3.58. The standard InChI is InChI=1S/C4H12N2O3S.Na/c5-2-1-4(3-6)10(7,8)9;/h4H,1-3,5-6H2,(H,7,8,9);/q;+1/p-1. The summed E-state index contributed by atoms with van der Waals surface area (Å²) in [4.78, 5) is 0. The van der Waals surface area contributed by atoms with Crippen LogP contribution in [-0.4, -0.2) is 31.3 Å². The average Bonchev–Trinajstić information content (AvgIpc) is 1.80. The Hall–Kier alpha value is 0.830. The van der Waals surface area contributed by atoms with Crippen molar-refractivity contribution in [2.24, 2.45) is 11.5 Å². The predicted octanol–water partition coefficient (Wildman–Crippen LogP) is -4.79. The molecule has 0 aromatic rings. The van der Waals surface area contributed by atoms with Gasteiger partial charge in [-0.05, 0) is 13.0 Å². The Morgan fingerprint density at radius 2 is 1.82 bits per heavy atom. The minimum Gasteiger partial charge on any atom is -0.748 e. The molecular weight excluding hydrogens is 179 g/mol. The van der Waals surface area contributed by atoms with Gasteiger partial charge >= 0.3 is 29.6 Å². The van der Waals surface area contributed by atoms with Crippen molar-refractivity contribution in [3.63, 3.8) is 0 Å². The summed E-state index contributed by atoms with van der Waals surface area (Å²) < 4.78 is 30.8. The zero-order chi connectivity index (χ0) is 8.20. The smallest absolute Gasteiger partial charge is 0.748 e. The van der Waals surface area contributed by atoms with E-state index in [1.165, 1.54) is 0 Å². The molecular formula is C4H11N2NaO3S. The van der Waals surface area contributed by atoms with Crippen LogP contribution < -0.4 is 41.0 Å². The van der Waals surface area contributed by atoms with Gasteiger partial charge in [-0.2, -0.15) is 0 Å². The third-order valence-electron chi connectivity index (χ3n) is 1.16. The van der Waals surface area contributed by atoms with Crippen molar-refractivity contribution in [3.05, 3.63) is 0 Å². The molecule has 0 aliphatic carbocycles. The van der Waals surface area contributed by atoms with Crippen LogP contribution in [0.4, 0.5) is 0 Å². The Morgan fingerprint density at radius 3 is 1.91 bits per heavy atom. The summed E-state index contributed by atoms with van der Waals surface area (Å²) >= 11 is 0. The Balaban J connectivity index is 0. The van der Waals surface area contributed by atoms with Gasteiger partial charge in [-0.15, -0.1) is 0 Å². The first-order valence-corrected chi connectivity index (χ1v) is 4.34. The van der Waals surface area contributed by atoms with Crippen LogP contribution in [0.1, 0.15) is 6.42 Å². The van der Waals surface area contributed by atoms with E-state index in [9.17, 15) is 13.0 Å². The molecule has 1 atom stereocenters. The van der Waals surface area contributed by atoms with Crippen molar-refractivity contribution in [1.29, 1.82) is 0 Å². The summed E-state index contributed by atoms with van der Waals surface area (Å²) in [7, 11) is -4.23.